The number of aromatic nitrogens is 1. The topological polar surface area (TPSA) is 73.7 Å². The first-order valence-corrected chi connectivity index (χ1v) is 12.7. The first kappa shape index (κ1) is 23.0. The number of hydrogen-bond donors (Lipinski definition) is 1. The van der Waals surface area contributed by atoms with Crippen LogP contribution in [0.5, 0.6) is 0 Å². The van der Waals surface area contributed by atoms with E-state index >= 15 is 0 Å². The van der Waals surface area contributed by atoms with Crippen LogP contribution in [-0.2, 0) is 9.59 Å². The molecule has 2 saturated heterocycles. The molecule has 1 aromatic heterocycles. The number of aliphatic hydroxyl groups excluding tert-OH is 1. The van der Waals surface area contributed by atoms with E-state index in [4.69, 9.17) is 0 Å². The highest BCUT2D eigenvalue weighted by Gasteiger charge is 2.47. The second-order valence-electron chi connectivity index (χ2n) is 9.51. The van der Waals surface area contributed by atoms with Gasteiger partial charge >= 0.3 is 0 Å². The SMILES string of the molecule is O=C1C(=O)N(c2ccc(N3CCCCC3)cc2)C(c2ccccn2)/C1=C(/O)c1cccc2ccccc12. The zero-order valence-electron chi connectivity index (χ0n) is 20.4. The summed E-state index contributed by atoms with van der Waals surface area (Å²) in [5, 5.41) is 13.3. The summed E-state index contributed by atoms with van der Waals surface area (Å²) in [5.41, 5.74) is 2.77. The standard InChI is InChI=1S/C31H27N3O3/c35-29(25-12-8-10-21-9-2-3-11-24(21)25)27-28(26-13-4-5-18-32-26)34(31(37)30(27)36)23-16-14-22(15-17-23)33-19-6-1-7-20-33/h2-5,8-18,28,35H,1,6-7,19-20H2/b29-27-. The average Bonchev–Trinajstić information content (AvgIpc) is 3.23. The molecule has 184 valence electrons. The minimum atomic E-state index is -0.846. The lowest BCUT2D eigenvalue weighted by atomic mass is 9.95. The summed E-state index contributed by atoms with van der Waals surface area (Å²) in [7, 11) is 0. The van der Waals surface area contributed by atoms with Gasteiger partial charge in [0.1, 0.15) is 11.8 Å². The van der Waals surface area contributed by atoms with Gasteiger partial charge in [-0.1, -0.05) is 48.5 Å². The van der Waals surface area contributed by atoms with E-state index in [-0.39, 0.29) is 11.3 Å². The predicted molar refractivity (Wildman–Crippen MR) is 145 cm³/mol. The van der Waals surface area contributed by atoms with Gasteiger partial charge in [0.25, 0.3) is 11.7 Å². The molecule has 3 heterocycles. The van der Waals surface area contributed by atoms with E-state index in [0.29, 0.717) is 16.9 Å². The van der Waals surface area contributed by atoms with Gasteiger partial charge in [-0.3, -0.25) is 19.5 Å². The molecule has 0 saturated carbocycles. The third kappa shape index (κ3) is 4.04. The molecule has 0 spiro atoms. The zero-order valence-corrected chi connectivity index (χ0v) is 20.4. The molecule has 2 aliphatic heterocycles. The highest BCUT2D eigenvalue weighted by Crippen LogP contribution is 2.42. The van der Waals surface area contributed by atoms with Crippen molar-refractivity contribution in [2.75, 3.05) is 22.9 Å². The Bertz CT molecular complexity index is 1500. The number of pyridine rings is 1. The molecule has 1 atom stereocenters. The number of amides is 1. The fourth-order valence-corrected chi connectivity index (χ4v) is 5.47. The van der Waals surface area contributed by atoms with Gasteiger partial charge in [-0.2, -0.15) is 0 Å². The van der Waals surface area contributed by atoms with E-state index in [1.807, 2.05) is 66.7 Å². The molecular weight excluding hydrogens is 462 g/mol. The number of fused-ring (bicyclic) bond motifs is 1. The maximum Gasteiger partial charge on any atom is 0.300 e. The Hall–Kier alpha value is -4.45. The first-order valence-electron chi connectivity index (χ1n) is 12.7. The molecule has 1 N–H and O–H groups in total. The van der Waals surface area contributed by atoms with E-state index in [1.54, 1.807) is 24.4 Å². The average molecular weight is 490 g/mol. The van der Waals surface area contributed by atoms with Crippen LogP contribution in [-0.4, -0.2) is 34.9 Å². The Morgan fingerprint density at radius 1 is 0.784 bits per heavy atom. The molecule has 0 radical (unpaired) electrons. The van der Waals surface area contributed by atoms with Crippen molar-refractivity contribution in [3.63, 3.8) is 0 Å². The molecule has 0 aliphatic carbocycles. The quantitative estimate of drug-likeness (QED) is 0.221. The Morgan fingerprint density at radius 2 is 1.49 bits per heavy atom. The number of aliphatic hydroxyl groups is 1. The van der Waals surface area contributed by atoms with Gasteiger partial charge < -0.3 is 10.0 Å². The Kier molecular flexibility index (Phi) is 5.93. The summed E-state index contributed by atoms with van der Waals surface area (Å²) in [6.07, 6.45) is 5.22. The number of nitrogens with zero attached hydrogens (tertiary/aromatic N) is 3. The number of benzene rings is 3. The Labute approximate surface area is 215 Å². The van der Waals surface area contributed by atoms with Crippen LogP contribution in [0.4, 0.5) is 11.4 Å². The minimum absolute atomic E-state index is 0.0418. The fourth-order valence-electron chi connectivity index (χ4n) is 5.47. The van der Waals surface area contributed by atoms with Gasteiger partial charge in [-0.05, 0) is 66.4 Å². The van der Waals surface area contributed by atoms with E-state index in [2.05, 4.69) is 9.88 Å². The number of piperidine rings is 1. The largest absolute Gasteiger partial charge is 0.507 e. The molecule has 4 aromatic rings. The number of carbonyl (C=O) groups is 2. The van der Waals surface area contributed by atoms with Gasteiger partial charge in [0.15, 0.2) is 0 Å². The lowest BCUT2D eigenvalue weighted by Gasteiger charge is -2.30. The second kappa shape index (κ2) is 9.54. The van der Waals surface area contributed by atoms with Crippen molar-refractivity contribution in [3.8, 4) is 0 Å². The normalized spacial score (nSPS) is 19.5. The van der Waals surface area contributed by atoms with Crippen LogP contribution in [0.15, 0.2) is 96.7 Å². The summed E-state index contributed by atoms with van der Waals surface area (Å²) in [6.45, 7) is 2.03. The Balaban J connectivity index is 1.48. The maximum atomic E-state index is 13.5. The minimum Gasteiger partial charge on any atom is -0.507 e. The molecule has 6 heteroatoms. The Morgan fingerprint density at radius 3 is 2.24 bits per heavy atom. The van der Waals surface area contributed by atoms with Crippen LogP contribution in [0.1, 0.15) is 36.6 Å². The van der Waals surface area contributed by atoms with Gasteiger partial charge in [-0.15, -0.1) is 0 Å². The number of anilines is 2. The molecule has 2 fully saturated rings. The van der Waals surface area contributed by atoms with Crippen molar-refractivity contribution in [1.82, 2.24) is 4.98 Å². The first-order chi connectivity index (χ1) is 18.1. The summed E-state index contributed by atoms with van der Waals surface area (Å²) >= 11 is 0. The van der Waals surface area contributed by atoms with E-state index < -0.39 is 17.7 Å². The van der Waals surface area contributed by atoms with E-state index in [9.17, 15) is 14.7 Å². The molecule has 37 heavy (non-hydrogen) atoms. The smallest absolute Gasteiger partial charge is 0.300 e. The van der Waals surface area contributed by atoms with E-state index in [1.165, 1.54) is 24.2 Å². The number of Topliss-reactive ketones (excluding diaryl/α,β-unsaturated/α-hetero) is 1. The van der Waals surface area contributed by atoms with Gasteiger partial charge in [0.05, 0.1) is 11.3 Å². The number of ketones is 1. The van der Waals surface area contributed by atoms with E-state index in [0.717, 1.165) is 29.5 Å². The van der Waals surface area contributed by atoms with Crippen LogP contribution >= 0.6 is 0 Å². The third-order valence-corrected chi connectivity index (χ3v) is 7.31. The number of hydrogen-bond acceptors (Lipinski definition) is 5. The lowest BCUT2D eigenvalue weighted by Crippen LogP contribution is -2.31. The number of rotatable bonds is 4. The maximum absolute atomic E-state index is 13.5. The molecule has 3 aromatic carbocycles. The number of carbonyl (C=O) groups excluding carboxylic acids is 2. The highest BCUT2D eigenvalue weighted by molar-refractivity contribution is 6.51. The van der Waals surface area contributed by atoms with Crippen molar-refractivity contribution in [2.45, 2.75) is 25.3 Å². The lowest BCUT2D eigenvalue weighted by molar-refractivity contribution is -0.132. The van der Waals surface area contributed by atoms with Gasteiger partial charge in [0.2, 0.25) is 0 Å². The molecule has 0 bridgehead atoms. The molecule has 2 aliphatic rings. The van der Waals surface area contributed by atoms with Gasteiger partial charge in [-0.25, -0.2) is 0 Å². The van der Waals surface area contributed by atoms with Crippen molar-refractivity contribution in [2.24, 2.45) is 0 Å². The molecular formula is C31H27N3O3. The van der Waals surface area contributed by atoms with Crippen LogP contribution in [0.3, 0.4) is 0 Å². The summed E-state index contributed by atoms with van der Waals surface area (Å²) in [5.74, 6) is -1.59. The summed E-state index contributed by atoms with van der Waals surface area (Å²) in [4.78, 5) is 35.3. The second-order valence-corrected chi connectivity index (χ2v) is 9.51. The molecule has 1 amide bonds. The molecule has 1 unspecified atom stereocenters. The monoisotopic (exact) mass is 489 g/mol. The zero-order chi connectivity index (χ0) is 25.4. The molecule has 6 rings (SSSR count). The van der Waals surface area contributed by atoms with Crippen molar-refractivity contribution in [3.05, 3.63) is 108 Å². The van der Waals surface area contributed by atoms with Crippen LogP contribution in [0.2, 0.25) is 0 Å². The van der Waals surface area contributed by atoms with Crippen LogP contribution in [0, 0.1) is 0 Å². The summed E-state index contributed by atoms with van der Waals surface area (Å²) < 4.78 is 0. The van der Waals surface area contributed by atoms with Crippen LogP contribution < -0.4 is 9.80 Å². The van der Waals surface area contributed by atoms with Crippen molar-refractivity contribution in [1.29, 1.82) is 0 Å². The van der Waals surface area contributed by atoms with Crippen molar-refractivity contribution >= 4 is 39.6 Å². The molecule has 6 nitrogen and oxygen atoms in total. The summed E-state index contributed by atoms with van der Waals surface area (Å²) in [6, 6.07) is 25.5. The fraction of sp³-hybridized carbons (Fsp3) is 0.194. The van der Waals surface area contributed by atoms with Crippen molar-refractivity contribution < 1.29 is 14.7 Å². The van der Waals surface area contributed by atoms with Gasteiger partial charge in [0, 0.05) is 36.2 Å². The highest BCUT2D eigenvalue weighted by atomic mass is 16.3. The van der Waals surface area contributed by atoms with Crippen LogP contribution in [0.25, 0.3) is 16.5 Å². The predicted octanol–water partition coefficient (Wildman–Crippen LogP) is 5.85. The third-order valence-electron chi connectivity index (χ3n) is 7.31.